The molecule has 0 radical (unpaired) electrons. The van der Waals surface area contributed by atoms with Crippen LogP contribution in [-0.2, 0) is 38.8 Å². The highest BCUT2D eigenvalue weighted by molar-refractivity contribution is 7.92. The van der Waals surface area contributed by atoms with Crippen LogP contribution in [0.1, 0.15) is 22.3 Å². The van der Waals surface area contributed by atoms with Crippen molar-refractivity contribution in [3.8, 4) is 0 Å². The number of nitrogens with one attached hydrogen (secondary N) is 1. The standard InChI is InChI=1S/C33H31ClF3N3O4S/c1-23-13-16-27(17-14-23)45(43,44)40(26-15-18-29(34)28(20-26)33(35,36)37)22-31(41)39(21-25-11-7-4-8-12-25)30(32(42)38-2)19-24-9-5-3-6-10-24/h3-18,20,30H,19,21-22H2,1-2H3,(H,38,42). The maximum Gasteiger partial charge on any atom is 0.417 e. The Balaban J connectivity index is 1.84. The van der Waals surface area contributed by atoms with Crippen LogP contribution in [0.3, 0.4) is 0 Å². The zero-order valence-corrected chi connectivity index (χ0v) is 26.0. The van der Waals surface area contributed by atoms with Crippen LogP contribution in [0.2, 0.25) is 5.02 Å². The first-order chi connectivity index (χ1) is 21.3. The van der Waals surface area contributed by atoms with E-state index in [0.717, 1.165) is 23.3 Å². The van der Waals surface area contributed by atoms with Crippen molar-refractivity contribution in [1.29, 1.82) is 0 Å². The number of carbonyl (C=O) groups is 2. The second-order valence-corrected chi connectivity index (χ2v) is 12.6. The molecule has 0 spiro atoms. The summed E-state index contributed by atoms with van der Waals surface area (Å²) >= 11 is 5.84. The molecule has 1 atom stereocenters. The Bertz CT molecular complexity index is 1740. The quantitative estimate of drug-likeness (QED) is 0.207. The van der Waals surface area contributed by atoms with Crippen LogP contribution in [0.15, 0.2) is 108 Å². The zero-order valence-electron chi connectivity index (χ0n) is 24.5. The molecular formula is C33H31ClF3N3O4S. The van der Waals surface area contributed by atoms with E-state index in [1.807, 2.05) is 0 Å². The second kappa shape index (κ2) is 14.2. The van der Waals surface area contributed by atoms with Crippen molar-refractivity contribution in [3.05, 3.63) is 130 Å². The van der Waals surface area contributed by atoms with E-state index >= 15 is 0 Å². The molecule has 4 rings (SSSR count). The van der Waals surface area contributed by atoms with Gasteiger partial charge in [-0.2, -0.15) is 13.2 Å². The molecule has 4 aromatic rings. The van der Waals surface area contributed by atoms with Gasteiger partial charge in [-0.15, -0.1) is 0 Å². The molecule has 0 saturated carbocycles. The summed E-state index contributed by atoms with van der Waals surface area (Å²) in [6.45, 7) is 0.779. The van der Waals surface area contributed by atoms with E-state index in [1.165, 1.54) is 24.1 Å². The van der Waals surface area contributed by atoms with Crippen molar-refractivity contribution in [2.75, 3.05) is 17.9 Å². The lowest BCUT2D eigenvalue weighted by molar-refractivity contribution is -0.139. The van der Waals surface area contributed by atoms with E-state index in [2.05, 4.69) is 5.32 Å². The van der Waals surface area contributed by atoms with Gasteiger partial charge in [-0.25, -0.2) is 8.42 Å². The molecule has 1 N–H and O–H groups in total. The Morgan fingerprint density at radius 1 is 0.867 bits per heavy atom. The lowest BCUT2D eigenvalue weighted by Crippen LogP contribution is -2.53. The van der Waals surface area contributed by atoms with E-state index in [4.69, 9.17) is 11.6 Å². The molecular weight excluding hydrogens is 627 g/mol. The Kier molecular flexibility index (Phi) is 10.6. The van der Waals surface area contributed by atoms with Crippen LogP contribution >= 0.6 is 11.6 Å². The van der Waals surface area contributed by atoms with Gasteiger partial charge in [0, 0.05) is 20.0 Å². The average molecular weight is 658 g/mol. The molecule has 1 unspecified atom stereocenters. The van der Waals surface area contributed by atoms with Gasteiger partial charge in [0.1, 0.15) is 12.6 Å². The normalized spacial score (nSPS) is 12.3. The number of benzene rings is 4. The molecule has 0 aliphatic rings. The molecule has 4 aromatic carbocycles. The summed E-state index contributed by atoms with van der Waals surface area (Å²) in [5.41, 5.74) is 0.484. The Morgan fingerprint density at radius 3 is 2.00 bits per heavy atom. The van der Waals surface area contributed by atoms with Crippen molar-refractivity contribution in [2.45, 2.75) is 37.0 Å². The summed E-state index contributed by atoms with van der Waals surface area (Å²) in [4.78, 5) is 28.5. The van der Waals surface area contributed by atoms with Gasteiger partial charge in [0.05, 0.1) is 21.2 Å². The predicted molar refractivity (Wildman–Crippen MR) is 167 cm³/mol. The van der Waals surface area contributed by atoms with E-state index in [0.29, 0.717) is 15.9 Å². The van der Waals surface area contributed by atoms with Crippen LogP contribution in [0.5, 0.6) is 0 Å². The van der Waals surface area contributed by atoms with Crippen LogP contribution in [0, 0.1) is 6.92 Å². The van der Waals surface area contributed by atoms with Gasteiger partial charge in [0.25, 0.3) is 10.0 Å². The minimum Gasteiger partial charge on any atom is -0.357 e. The molecule has 45 heavy (non-hydrogen) atoms. The summed E-state index contributed by atoms with van der Waals surface area (Å²) in [6.07, 6.45) is -4.79. The van der Waals surface area contributed by atoms with Gasteiger partial charge < -0.3 is 10.2 Å². The molecule has 236 valence electrons. The summed E-state index contributed by atoms with van der Waals surface area (Å²) in [6, 6.07) is 25.0. The first kappa shape index (κ1) is 33.5. The van der Waals surface area contributed by atoms with Crippen molar-refractivity contribution in [1.82, 2.24) is 10.2 Å². The molecule has 0 aliphatic carbocycles. The Hall–Kier alpha value is -4.35. The van der Waals surface area contributed by atoms with Crippen molar-refractivity contribution >= 4 is 39.1 Å². The Morgan fingerprint density at radius 2 is 1.44 bits per heavy atom. The summed E-state index contributed by atoms with van der Waals surface area (Å²) in [5.74, 6) is -1.30. The van der Waals surface area contributed by atoms with E-state index < -0.39 is 56.9 Å². The van der Waals surface area contributed by atoms with Crippen LogP contribution in [0.4, 0.5) is 18.9 Å². The third kappa shape index (κ3) is 8.23. The number of aryl methyl sites for hydroxylation is 1. The average Bonchev–Trinajstić information content (AvgIpc) is 3.02. The molecule has 0 saturated heterocycles. The summed E-state index contributed by atoms with van der Waals surface area (Å²) in [5, 5.41) is 1.95. The van der Waals surface area contributed by atoms with Crippen molar-refractivity contribution < 1.29 is 31.2 Å². The van der Waals surface area contributed by atoms with E-state index in [1.54, 1.807) is 79.7 Å². The number of sulfonamides is 1. The summed E-state index contributed by atoms with van der Waals surface area (Å²) < 4.78 is 70.2. The number of alkyl halides is 3. The number of amides is 2. The highest BCUT2D eigenvalue weighted by atomic mass is 35.5. The van der Waals surface area contributed by atoms with Crippen molar-refractivity contribution in [2.24, 2.45) is 0 Å². The minimum atomic E-state index is -4.89. The highest BCUT2D eigenvalue weighted by Crippen LogP contribution is 2.38. The minimum absolute atomic E-state index is 0.0720. The smallest absolute Gasteiger partial charge is 0.357 e. The Labute approximate surface area is 265 Å². The third-order valence-corrected chi connectivity index (χ3v) is 9.26. The zero-order chi connectivity index (χ0) is 32.8. The number of carbonyl (C=O) groups excluding carboxylic acids is 2. The second-order valence-electron chi connectivity index (χ2n) is 10.3. The molecule has 0 bridgehead atoms. The van der Waals surface area contributed by atoms with Crippen molar-refractivity contribution in [3.63, 3.8) is 0 Å². The largest absolute Gasteiger partial charge is 0.417 e. The van der Waals surface area contributed by atoms with Crippen LogP contribution in [-0.4, -0.2) is 44.8 Å². The van der Waals surface area contributed by atoms with Gasteiger partial charge >= 0.3 is 6.18 Å². The van der Waals surface area contributed by atoms with E-state index in [9.17, 15) is 31.2 Å². The maximum atomic E-state index is 14.3. The molecule has 12 heteroatoms. The van der Waals surface area contributed by atoms with Gasteiger partial charge in [-0.3, -0.25) is 13.9 Å². The number of likely N-dealkylation sites (N-methyl/N-ethyl adjacent to an activating group) is 1. The predicted octanol–water partition coefficient (Wildman–Crippen LogP) is 6.25. The number of nitrogens with zero attached hydrogens (tertiary/aromatic N) is 2. The van der Waals surface area contributed by atoms with Gasteiger partial charge in [-0.1, -0.05) is 90.0 Å². The SMILES string of the molecule is CNC(=O)C(Cc1ccccc1)N(Cc1ccccc1)C(=O)CN(c1ccc(Cl)c(C(F)(F)F)c1)S(=O)(=O)c1ccc(C)cc1. The van der Waals surface area contributed by atoms with Gasteiger partial charge in [-0.05, 0) is 48.4 Å². The van der Waals surface area contributed by atoms with Crippen LogP contribution in [0.25, 0.3) is 0 Å². The fourth-order valence-electron chi connectivity index (χ4n) is 4.75. The van der Waals surface area contributed by atoms with Gasteiger partial charge in [0.2, 0.25) is 11.8 Å². The molecule has 0 aliphatic heterocycles. The number of hydrogen-bond donors (Lipinski definition) is 1. The fourth-order valence-corrected chi connectivity index (χ4v) is 6.38. The molecule has 2 amide bonds. The lowest BCUT2D eigenvalue weighted by atomic mass is 10.0. The van der Waals surface area contributed by atoms with Gasteiger partial charge in [0.15, 0.2) is 0 Å². The fraction of sp³-hybridized carbons (Fsp3) is 0.212. The number of anilines is 1. The highest BCUT2D eigenvalue weighted by Gasteiger charge is 2.37. The number of halogens is 4. The number of hydrogen-bond acceptors (Lipinski definition) is 4. The van der Waals surface area contributed by atoms with Crippen LogP contribution < -0.4 is 9.62 Å². The topological polar surface area (TPSA) is 86.8 Å². The first-order valence-corrected chi connectivity index (χ1v) is 15.7. The monoisotopic (exact) mass is 657 g/mol. The lowest BCUT2D eigenvalue weighted by Gasteiger charge is -2.33. The van der Waals surface area contributed by atoms with E-state index in [-0.39, 0.29) is 17.9 Å². The number of rotatable bonds is 11. The molecule has 0 fully saturated rings. The molecule has 0 heterocycles. The molecule has 0 aromatic heterocycles. The first-order valence-electron chi connectivity index (χ1n) is 13.9. The molecule has 7 nitrogen and oxygen atoms in total. The maximum absolute atomic E-state index is 14.3. The summed E-state index contributed by atoms with van der Waals surface area (Å²) in [7, 11) is -3.16. The third-order valence-electron chi connectivity index (χ3n) is 7.14.